The topological polar surface area (TPSA) is 71.0 Å². The lowest BCUT2D eigenvalue weighted by molar-refractivity contribution is -0.0887. The molecule has 0 aromatic carbocycles. The molecule has 1 atom stereocenters. The van der Waals surface area contributed by atoms with Crippen molar-refractivity contribution in [2.45, 2.75) is 19.1 Å². The highest BCUT2D eigenvalue weighted by Gasteiger charge is 2.06. The van der Waals surface area contributed by atoms with E-state index in [9.17, 15) is 5.11 Å². The molecule has 1 rings (SSSR count). The van der Waals surface area contributed by atoms with Gasteiger partial charge in [-0.05, 0) is 18.4 Å². The third-order valence-electron chi connectivity index (χ3n) is 2.54. The molecule has 18 heavy (non-hydrogen) atoms. The molecule has 0 radical (unpaired) electrons. The van der Waals surface area contributed by atoms with E-state index in [0.717, 1.165) is 12.8 Å². The molecule has 0 saturated carbocycles. The fourth-order valence-electron chi connectivity index (χ4n) is 1.57. The molecular formula is C13H23NO4. The minimum atomic E-state index is -0.797. The first kappa shape index (κ1) is 15.3. The summed E-state index contributed by atoms with van der Waals surface area (Å²) in [4.78, 5) is 0. The Kier molecular flexibility index (Phi) is 8.71. The predicted molar refractivity (Wildman–Crippen MR) is 69.2 cm³/mol. The van der Waals surface area contributed by atoms with Crippen molar-refractivity contribution in [1.29, 1.82) is 0 Å². The van der Waals surface area contributed by atoms with Crippen LogP contribution in [-0.4, -0.2) is 56.0 Å². The van der Waals surface area contributed by atoms with Crippen molar-refractivity contribution in [3.63, 3.8) is 0 Å². The zero-order chi connectivity index (χ0) is 13.1. The number of ether oxygens (including phenoxy) is 2. The van der Waals surface area contributed by atoms with E-state index < -0.39 is 6.29 Å². The molecule has 0 heterocycles. The van der Waals surface area contributed by atoms with Crippen molar-refractivity contribution in [2.24, 2.45) is 0 Å². The SMILES string of the molecule is OCCOCCNCC(O)OCC1=CC=CCC1. The molecule has 0 aromatic heterocycles. The Morgan fingerprint density at radius 2 is 2.28 bits per heavy atom. The highest BCUT2D eigenvalue weighted by atomic mass is 16.6. The summed E-state index contributed by atoms with van der Waals surface area (Å²) in [6.45, 7) is 2.40. The third kappa shape index (κ3) is 7.58. The molecule has 0 aliphatic heterocycles. The van der Waals surface area contributed by atoms with E-state index in [1.807, 2.05) is 12.2 Å². The smallest absolute Gasteiger partial charge is 0.167 e. The molecule has 104 valence electrons. The zero-order valence-electron chi connectivity index (χ0n) is 10.7. The Hall–Kier alpha value is -0.720. The number of hydrogen-bond acceptors (Lipinski definition) is 5. The molecule has 1 unspecified atom stereocenters. The zero-order valence-corrected chi connectivity index (χ0v) is 10.7. The van der Waals surface area contributed by atoms with Gasteiger partial charge >= 0.3 is 0 Å². The van der Waals surface area contributed by atoms with Crippen LogP contribution < -0.4 is 5.32 Å². The summed E-state index contributed by atoms with van der Waals surface area (Å²) in [7, 11) is 0. The van der Waals surface area contributed by atoms with Gasteiger partial charge in [-0.3, -0.25) is 0 Å². The summed E-state index contributed by atoms with van der Waals surface area (Å²) >= 11 is 0. The van der Waals surface area contributed by atoms with E-state index in [1.54, 1.807) is 0 Å². The molecule has 0 aromatic rings. The van der Waals surface area contributed by atoms with E-state index in [2.05, 4.69) is 11.4 Å². The second-order valence-electron chi connectivity index (χ2n) is 4.10. The number of hydrogen-bond donors (Lipinski definition) is 3. The monoisotopic (exact) mass is 257 g/mol. The summed E-state index contributed by atoms with van der Waals surface area (Å²) < 4.78 is 10.4. The van der Waals surface area contributed by atoms with Crippen LogP contribution >= 0.6 is 0 Å². The lowest BCUT2D eigenvalue weighted by Gasteiger charge is -2.15. The fourth-order valence-corrected chi connectivity index (χ4v) is 1.57. The van der Waals surface area contributed by atoms with Crippen LogP contribution in [0.5, 0.6) is 0 Å². The van der Waals surface area contributed by atoms with Crippen molar-refractivity contribution in [2.75, 3.05) is 39.5 Å². The maximum absolute atomic E-state index is 9.57. The van der Waals surface area contributed by atoms with Crippen LogP contribution in [-0.2, 0) is 9.47 Å². The van der Waals surface area contributed by atoms with Crippen LogP contribution in [0.4, 0.5) is 0 Å². The molecule has 3 N–H and O–H groups in total. The standard InChI is InChI=1S/C13H23NO4/c15-7-9-17-8-6-14-10-13(16)18-11-12-4-2-1-3-5-12/h1-2,4,13-16H,3,5-11H2. The lowest BCUT2D eigenvalue weighted by atomic mass is 10.1. The Bertz CT molecular complexity index is 266. The van der Waals surface area contributed by atoms with Crippen LogP contribution in [0.3, 0.4) is 0 Å². The molecule has 0 saturated heterocycles. The first-order chi connectivity index (χ1) is 8.83. The third-order valence-corrected chi connectivity index (χ3v) is 2.54. The summed E-state index contributed by atoms with van der Waals surface area (Å²) in [5, 5.41) is 21.1. The van der Waals surface area contributed by atoms with Gasteiger partial charge in [-0.25, -0.2) is 0 Å². The van der Waals surface area contributed by atoms with Crippen molar-refractivity contribution < 1.29 is 19.7 Å². The maximum atomic E-state index is 9.57. The van der Waals surface area contributed by atoms with E-state index >= 15 is 0 Å². The minimum absolute atomic E-state index is 0.0370. The van der Waals surface area contributed by atoms with Gasteiger partial charge in [0.1, 0.15) is 0 Å². The first-order valence-electron chi connectivity index (χ1n) is 6.36. The molecule has 0 fully saturated rings. The fraction of sp³-hybridized carbons (Fsp3) is 0.692. The van der Waals surface area contributed by atoms with E-state index in [-0.39, 0.29) is 6.61 Å². The average molecular weight is 257 g/mol. The van der Waals surface area contributed by atoms with Gasteiger partial charge in [-0.1, -0.05) is 18.2 Å². The second kappa shape index (κ2) is 10.2. The van der Waals surface area contributed by atoms with Crippen LogP contribution in [0.2, 0.25) is 0 Å². The highest BCUT2D eigenvalue weighted by molar-refractivity contribution is 5.17. The van der Waals surface area contributed by atoms with E-state index in [0.29, 0.717) is 32.9 Å². The Labute approximate surface area is 108 Å². The van der Waals surface area contributed by atoms with Gasteiger partial charge in [0, 0.05) is 13.1 Å². The second-order valence-corrected chi connectivity index (χ2v) is 4.10. The number of aliphatic hydroxyl groups is 2. The van der Waals surface area contributed by atoms with Crippen LogP contribution in [0, 0.1) is 0 Å². The summed E-state index contributed by atoms with van der Waals surface area (Å²) in [6, 6.07) is 0. The van der Waals surface area contributed by atoms with Crippen LogP contribution in [0.1, 0.15) is 12.8 Å². The minimum Gasteiger partial charge on any atom is -0.394 e. The highest BCUT2D eigenvalue weighted by Crippen LogP contribution is 2.12. The Balaban J connectivity index is 1.95. The predicted octanol–water partition coefficient (Wildman–Crippen LogP) is 0.196. The molecule has 0 amide bonds. The first-order valence-corrected chi connectivity index (χ1v) is 6.36. The largest absolute Gasteiger partial charge is 0.394 e. The van der Waals surface area contributed by atoms with Crippen molar-refractivity contribution >= 4 is 0 Å². The van der Waals surface area contributed by atoms with Gasteiger partial charge in [0.25, 0.3) is 0 Å². The van der Waals surface area contributed by atoms with Gasteiger partial charge in [-0.15, -0.1) is 0 Å². The molecule has 5 heteroatoms. The molecule has 1 aliphatic carbocycles. The van der Waals surface area contributed by atoms with E-state index in [4.69, 9.17) is 14.6 Å². The van der Waals surface area contributed by atoms with Gasteiger partial charge in [-0.2, -0.15) is 0 Å². The van der Waals surface area contributed by atoms with Gasteiger partial charge in [0.05, 0.1) is 26.4 Å². The van der Waals surface area contributed by atoms with Gasteiger partial charge in [0.15, 0.2) is 6.29 Å². The summed E-state index contributed by atoms with van der Waals surface area (Å²) in [5.74, 6) is 0. The number of allylic oxidation sites excluding steroid dienone is 3. The molecule has 0 spiro atoms. The van der Waals surface area contributed by atoms with Crippen molar-refractivity contribution in [3.8, 4) is 0 Å². The Morgan fingerprint density at radius 1 is 1.39 bits per heavy atom. The molecular weight excluding hydrogens is 234 g/mol. The molecule has 5 nitrogen and oxygen atoms in total. The quantitative estimate of drug-likeness (QED) is 0.385. The summed E-state index contributed by atoms with van der Waals surface area (Å²) in [6.07, 6.45) is 7.43. The van der Waals surface area contributed by atoms with Crippen LogP contribution in [0.15, 0.2) is 23.8 Å². The number of aliphatic hydroxyl groups excluding tert-OH is 2. The lowest BCUT2D eigenvalue weighted by Crippen LogP contribution is -2.31. The number of rotatable bonds is 10. The summed E-state index contributed by atoms with van der Waals surface area (Å²) in [5.41, 5.74) is 1.21. The van der Waals surface area contributed by atoms with Crippen molar-refractivity contribution in [1.82, 2.24) is 5.32 Å². The Morgan fingerprint density at radius 3 is 3.00 bits per heavy atom. The maximum Gasteiger partial charge on any atom is 0.167 e. The van der Waals surface area contributed by atoms with Gasteiger partial charge < -0.3 is 25.0 Å². The van der Waals surface area contributed by atoms with Gasteiger partial charge in [0.2, 0.25) is 0 Å². The molecule has 0 bridgehead atoms. The number of nitrogens with one attached hydrogen (secondary N) is 1. The molecule has 1 aliphatic rings. The van der Waals surface area contributed by atoms with E-state index in [1.165, 1.54) is 5.57 Å². The van der Waals surface area contributed by atoms with Crippen molar-refractivity contribution in [3.05, 3.63) is 23.8 Å². The average Bonchev–Trinajstić information content (AvgIpc) is 2.41. The van der Waals surface area contributed by atoms with Crippen LogP contribution in [0.25, 0.3) is 0 Å². The normalized spacial score (nSPS) is 16.7.